The first-order chi connectivity index (χ1) is 15.2. The van der Waals surface area contributed by atoms with Crippen molar-refractivity contribution in [2.45, 2.75) is 17.4 Å². The van der Waals surface area contributed by atoms with Gasteiger partial charge in [0.15, 0.2) is 11.5 Å². The number of fused-ring (bicyclic) bond motifs is 1. The molecule has 160 valence electrons. The van der Waals surface area contributed by atoms with E-state index in [9.17, 15) is 4.79 Å². The quantitative estimate of drug-likeness (QED) is 0.538. The van der Waals surface area contributed by atoms with Gasteiger partial charge in [-0.3, -0.25) is 4.79 Å². The molecule has 0 fully saturated rings. The number of hydrogen-bond acceptors (Lipinski definition) is 5. The van der Waals surface area contributed by atoms with Crippen LogP contribution in [0.1, 0.15) is 23.6 Å². The molecule has 3 aromatic carbocycles. The Morgan fingerprint density at radius 3 is 2.42 bits per heavy atom. The maximum Gasteiger partial charge on any atom is 0.231 e. The zero-order valence-electron chi connectivity index (χ0n) is 17.4. The molecule has 1 aliphatic rings. The maximum atomic E-state index is 12.8. The van der Waals surface area contributed by atoms with E-state index in [0.29, 0.717) is 19.0 Å². The second-order valence-electron chi connectivity index (χ2n) is 7.13. The minimum Gasteiger partial charge on any atom is -0.497 e. The van der Waals surface area contributed by atoms with Crippen molar-refractivity contribution < 1.29 is 19.0 Å². The van der Waals surface area contributed by atoms with Crippen LogP contribution in [0.3, 0.4) is 0 Å². The summed E-state index contributed by atoms with van der Waals surface area (Å²) >= 11 is 1.48. The van der Waals surface area contributed by atoms with Crippen LogP contribution in [0.25, 0.3) is 0 Å². The molecule has 0 saturated carbocycles. The van der Waals surface area contributed by atoms with Gasteiger partial charge in [0.25, 0.3) is 0 Å². The van der Waals surface area contributed by atoms with E-state index in [1.54, 1.807) is 7.11 Å². The molecule has 0 saturated heterocycles. The molecule has 1 heterocycles. The Balaban J connectivity index is 1.44. The molecule has 1 aliphatic heterocycles. The number of carbonyl (C=O) groups excluding carboxylic acids is 1. The molecular formula is C25H25NO4S. The number of amides is 1. The molecule has 0 aromatic heterocycles. The van der Waals surface area contributed by atoms with Gasteiger partial charge in [-0.05, 0) is 41.5 Å². The average Bonchev–Trinajstić information content (AvgIpc) is 3.07. The molecule has 6 heteroatoms. The summed E-state index contributed by atoms with van der Waals surface area (Å²) < 4.78 is 16.7. The van der Waals surface area contributed by atoms with E-state index >= 15 is 0 Å². The first kappa shape index (κ1) is 21.1. The zero-order chi connectivity index (χ0) is 21.5. The SMILES string of the molecule is COc1ccc(C(NC(=O)CSc2ccc3c(c2)OCCCO3)c2ccccc2)cc1. The van der Waals surface area contributed by atoms with Crippen LogP contribution in [0, 0.1) is 0 Å². The van der Waals surface area contributed by atoms with Gasteiger partial charge >= 0.3 is 0 Å². The van der Waals surface area contributed by atoms with E-state index in [0.717, 1.165) is 39.7 Å². The molecule has 0 bridgehead atoms. The first-order valence-corrected chi connectivity index (χ1v) is 11.2. The van der Waals surface area contributed by atoms with Gasteiger partial charge in [0.1, 0.15) is 5.75 Å². The van der Waals surface area contributed by atoms with Crippen molar-refractivity contribution in [1.82, 2.24) is 5.32 Å². The Bertz CT molecular complexity index is 1010. The number of ether oxygens (including phenoxy) is 3. The standard InChI is InChI=1S/C25H25NO4S/c1-28-20-10-8-19(9-11-20)25(18-6-3-2-4-7-18)26-24(27)17-31-21-12-13-22-23(16-21)30-15-5-14-29-22/h2-4,6-13,16,25H,5,14-15,17H2,1H3,(H,26,27). The number of hydrogen-bond donors (Lipinski definition) is 1. The molecule has 1 unspecified atom stereocenters. The number of methoxy groups -OCH3 is 1. The van der Waals surface area contributed by atoms with Crippen LogP contribution in [0.4, 0.5) is 0 Å². The van der Waals surface area contributed by atoms with E-state index in [1.807, 2.05) is 72.8 Å². The molecule has 0 aliphatic carbocycles. The molecule has 4 rings (SSSR count). The summed E-state index contributed by atoms with van der Waals surface area (Å²) in [6.45, 7) is 1.30. The lowest BCUT2D eigenvalue weighted by Crippen LogP contribution is -2.30. The fourth-order valence-corrected chi connectivity index (χ4v) is 4.12. The van der Waals surface area contributed by atoms with Crippen molar-refractivity contribution in [3.8, 4) is 17.2 Å². The van der Waals surface area contributed by atoms with Crippen LogP contribution < -0.4 is 19.5 Å². The highest BCUT2D eigenvalue weighted by molar-refractivity contribution is 8.00. The monoisotopic (exact) mass is 435 g/mol. The van der Waals surface area contributed by atoms with E-state index in [4.69, 9.17) is 14.2 Å². The van der Waals surface area contributed by atoms with Gasteiger partial charge in [-0.2, -0.15) is 0 Å². The predicted molar refractivity (Wildman–Crippen MR) is 122 cm³/mol. The van der Waals surface area contributed by atoms with Gasteiger partial charge in [-0.25, -0.2) is 0 Å². The van der Waals surface area contributed by atoms with Crippen molar-refractivity contribution in [2.75, 3.05) is 26.1 Å². The molecule has 1 amide bonds. The first-order valence-electron chi connectivity index (χ1n) is 10.2. The molecular weight excluding hydrogens is 410 g/mol. The molecule has 1 atom stereocenters. The Hall–Kier alpha value is -3.12. The Kier molecular flexibility index (Phi) is 6.99. The van der Waals surface area contributed by atoms with Crippen LogP contribution in [0.15, 0.2) is 77.7 Å². The van der Waals surface area contributed by atoms with Crippen molar-refractivity contribution >= 4 is 17.7 Å². The lowest BCUT2D eigenvalue weighted by Gasteiger charge is -2.20. The van der Waals surface area contributed by atoms with Gasteiger partial charge in [-0.15, -0.1) is 11.8 Å². The number of benzene rings is 3. The van der Waals surface area contributed by atoms with Crippen LogP contribution in [-0.4, -0.2) is 32.0 Å². The summed E-state index contributed by atoms with van der Waals surface area (Å²) in [5.74, 6) is 2.55. The van der Waals surface area contributed by atoms with E-state index in [-0.39, 0.29) is 11.9 Å². The number of thioether (sulfide) groups is 1. The molecule has 5 nitrogen and oxygen atoms in total. The fraction of sp³-hybridized carbons (Fsp3) is 0.240. The summed E-state index contributed by atoms with van der Waals surface area (Å²) in [7, 11) is 1.64. The maximum absolute atomic E-state index is 12.8. The highest BCUT2D eigenvalue weighted by atomic mass is 32.2. The number of nitrogens with one attached hydrogen (secondary N) is 1. The van der Waals surface area contributed by atoms with Gasteiger partial charge in [0.2, 0.25) is 5.91 Å². The highest BCUT2D eigenvalue weighted by Gasteiger charge is 2.18. The van der Waals surface area contributed by atoms with Gasteiger partial charge in [0.05, 0.1) is 32.1 Å². The smallest absolute Gasteiger partial charge is 0.231 e. The van der Waals surface area contributed by atoms with Crippen LogP contribution in [0.5, 0.6) is 17.2 Å². The Morgan fingerprint density at radius 1 is 0.968 bits per heavy atom. The highest BCUT2D eigenvalue weighted by Crippen LogP contribution is 2.34. The van der Waals surface area contributed by atoms with E-state index in [2.05, 4.69) is 5.32 Å². The third-order valence-corrected chi connectivity index (χ3v) is 5.97. The Morgan fingerprint density at radius 2 is 1.68 bits per heavy atom. The van der Waals surface area contributed by atoms with Crippen LogP contribution >= 0.6 is 11.8 Å². The van der Waals surface area contributed by atoms with Crippen molar-refractivity contribution in [3.05, 3.63) is 83.9 Å². The molecule has 0 radical (unpaired) electrons. The third kappa shape index (κ3) is 5.52. The van der Waals surface area contributed by atoms with Gasteiger partial charge < -0.3 is 19.5 Å². The van der Waals surface area contributed by atoms with E-state index < -0.39 is 0 Å². The van der Waals surface area contributed by atoms with E-state index in [1.165, 1.54) is 11.8 Å². The summed E-state index contributed by atoms with van der Waals surface area (Å²) in [5, 5.41) is 3.17. The number of carbonyl (C=O) groups is 1. The lowest BCUT2D eigenvalue weighted by molar-refractivity contribution is -0.119. The minimum atomic E-state index is -0.232. The minimum absolute atomic E-state index is 0.0400. The summed E-state index contributed by atoms with van der Waals surface area (Å²) in [5.41, 5.74) is 2.03. The molecule has 0 spiro atoms. The van der Waals surface area contributed by atoms with Crippen molar-refractivity contribution in [1.29, 1.82) is 0 Å². The second kappa shape index (κ2) is 10.3. The molecule has 3 aromatic rings. The number of rotatable bonds is 7. The summed E-state index contributed by atoms with van der Waals surface area (Å²) in [4.78, 5) is 13.8. The normalized spacial score (nSPS) is 13.7. The largest absolute Gasteiger partial charge is 0.497 e. The topological polar surface area (TPSA) is 56.8 Å². The van der Waals surface area contributed by atoms with Gasteiger partial charge in [0, 0.05) is 11.3 Å². The van der Waals surface area contributed by atoms with Crippen molar-refractivity contribution in [3.63, 3.8) is 0 Å². The third-order valence-electron chi connectivity index (χ3n) is 4.98. The lowest BCUT2D eigenvalue weighted by atomic mass is 9.98. The summed E-state index contributed by atoms with van der Waals surface area (Å²) in [6.07, 6.45) is 0.867. The van der Waals surface area contributed by atoms with Crippen LogP contribution in [0.2, 0.25) is 0 Å². The van der Waals surface area contributed by atoms with Crippen molar-refractivity contribution in [2.24, 2.45) is 0 Å². The van der Waals surface area contributed by atoms with Gasteiger partial charge in [-0.1, -0.05) is 42.5 Å². The second-order valence-corrected chi connectivity index (χ2v) is 8.18. The zero-order valence-corrected chi connectivity index (χ0v) is 18.2. The predicted octanol–water partition coefficient (Wildman–Crippen LogP) is 4.85. The molecule has 31 heavy (non-hydrogen) atoms. The Labute approximate surface area is 186 Å². The van der Waals surface area contributed by atoms with Crippen LogP contribution in [-0.2, 0) is 4.79 Å². The molecule has 1 N–H and O–H groups in total. The fourth-order valence-electron chi connectivity index (χ4n) is 3.39. The average molecular weight is 436 g/mol. The summed E-state index contributed by atoms with van der Waals surface area (Å²) in [6, 6.07) is 23.3.